The molecule has 0 radical (unpaired) electrons. The van der Waals surface area contributed by atoms with Crippen LogP contribution in [-0.2, 0) is 22.6 Å². The first-order valence-electron chi connectivity index (χ1n) is 9.49. The summed E-state index contributed by atoms with van der Waals surface area (Å²) < 4.78 is 2.01. The Morgan fingerprint density at radius 3 is 2.69 bits per heavy atom. The standard InChI is InChI=1S/C18H31N5O2S/c1-12(2)10-23-16(9-8-15(19)24)21-22-18(23)26-11-17(25)20-14-7-5-4-6-13(14)3/h12-14H,4-11H2,1-3H3,(H2,19,24)(H,20,25)/t13-,14+/m0/s1. The van der Waals surface area contributed by atoms with Crippen molar-refractivity contribution in [1.82, 2.24) is 20.1 Å². The third-order valence-electron chi connectivity index (χ3n) is 4.73. The summed E-state index contributed by atoms with van der Waals surface area (Å²) in [5.41, 5.74) is 5.24. The largest absolute Gasteiger partial charge is 0.370 e. The third-order valence-corrected chi connectivity index (χ3v) is 5.69. The lowest BCUT2D eigenvalue weighted by Gasteiger charge is -2.29. The second-order valence-electron chi connectivity index (χ2n) is 7.59. The molecule has 26 heavy (non-hydrogen) atoms. The van der Waals surface area contributed by atoms with Gasteiger partial charge in [-0.15, -0.1) is 10.2 Å². The van der Waals surface area contributed by atoms with Crippen LogP contribution in [0, 0.1) is 11.8 Å². The number of nitrogens with one attached hydrogen (secondary N) is 1. The Morgan fingerprint density at radius 1 is 1.31 bits per heavy atom. The van der Waals surface area contributed by atoms with Crippen LogP contribution in [0.3, 0.4) is 0 Å². The first-order chi connectivity index (χ1) is 12.4. The van der Waals surface area contributed by atoms with Crippen LogP contribution in [-0.4, -0.2) is 38.4 Å². The predicted molar refractivity (Wildman–Crippen MR) is 103 cm³/mol. The predicted octanol–water partition coefficient (Wildman–Crippen LogP) is 2.14. The summed E-state index contributed by atoms with van der Waals surface area (Å²) in [6.45, 7) is 7.19. The fourth-order valence-electron chi connectivity index (χ4n) is 3.30. The molecular weight excluding hydrogens is 350 g/mol. The number of rotatable bonds is 9. The van der Waals surface area contributed by atoms with Gasteiger partial charge in [-0.2, -0.15) is 0 Å². The minimum atomic E-state index is -0.348. The van der Waals surface area contributed by atoms with E-state index >= 15 is 0 Å². The normalized spacial score (nSPS) is 20.3. The molecule has 1 aliphatic rings. The first kappa shape index (κ1) is 20.7. The summed E-state index contributed by atoms with van der Waals surface area (Å²) in [5, 5.41) is 12.3. The lowest BCUT2D eigenvalue weighted by Crippen LogP contribution is -2.41. The first-order valence-corrected chi connectivity index (χ1v) is 10.5. The Kier molecular flexibility index (Phi) is 7.93. The Labute approximate surface area is 159 Å². The SMILES string of the molecule is CC(C)Cn1c(CCC(N)=O)nnc1SCC(=O)N[C@@H]1CCCC[C@@H]1C. The van der Waals surface area contributed by atoms with Crippen LogP contribution in [0.15, 0.2) is 5.16 Å². The highest BCUT2D eigenvalue weighted by Gasteiger charge is 2.23. The van der Waals surface area contributed by atoms with E-state index in [1.165, 1.54) is 31.0 Å². The third kappa shape index (κ3) is 6.30. The van der Waals surface area contributed by atoms with E-state index in [0.717, 1.165) is 23.9 Å². The molecular formula is C18H31N5O2S. The van der Waals surface area contributed by atoms with Crippen LogP contribution < -0.4 is 11.1 Å². The maximum absolute atomic E-state index is 12.3. The Balaban J connectivity index is 1.94. The molecule has 3 N–H and O–H groups in total. The van der Waals surface area contributed by atoms with E-state index in [1.807, 2.05) is 4.57 Å². The van der Waals surface area contributed by atoms with Gasteiger partial charge in [0, 0.05) is 25.4 Å². The molecule has 1 aromatic rings. The zero-order valence-corrected chi connectivity index (χ0v) is 16.8. The molecule has 2 atom stereocenters. The number of hydrogen-bond donors (Lipinski definition) is 2. The van der Waals surface area contributed by atoms with Gasteiger partial charge in [-0.05, 0) is 24.7 Å². The van der Waals surface area contributed by atoms with Crippen molar-refractivity contribution < 1.29 is 9.59 Å². The molecule has 2 amide bonds. The smallest absolute Gasteiger partial charge is 0.230 e. The van der Waals surface area contributed by atoms with Gasteiger partial charge in [-0.3, -0.25) is 9.59 Å². The van der Waals surface area contributed by atoms with E-state index in [1.54, 1.807) is 0 Å². The maximum atomic E-state index is 12.3. The van der Waals surface area contributed by atoms with Gasteiger partial charge in [0.1, 0.15) is 5.82 Å². The van der Waals surface area contributed by atoms with Gasteiger partial charge in [0.2, 0.25) is 11.8 Å². The number of primary amides is 1. The van der Waals surface area contributed by atoms with E-state index < -0.39 is 0 Å². The highest BCUT2D eigenvalue weighted by atomic mass is 32.2. The zero-order valence-electron chi connectivity index (χ0n) is 16.0. The quantitative estimate of drug-likeness (QED) is 0.638. The summed E-state index contributed by atoms with van der Waals surface area (Å²) in [4.78, 5) is 23.4. The molecule has 1 aliphatic carbocycles. The zero-order chi connectivity index (χ0) is 19.1. The van der Waals surface area contributed by atoms with Crippen LogP contribution in [0.1, 0.15) is 58.7 Å². The molecule has 1 saturated carbocycles. The average Bonchev–Trinajstić information content (AvgIpc) is 2.94. The molecule has 0 aromatic carbocycles. The van der Waals surface area contributed by atoms with Gasteiger partial charge in [0.15, 0.2) is 5.16 Å². The molecule has 0 bridgehead atoms. The minimum absolute atomic E-state index is 0.0477. The highest BCUT2D eigenvalue weighted by Crippen LogP contribution is 2.24. The molecule has 1 fully saturated rings. The average molecular weight is 382 g/mol. The van der Waals surface area contributed by atoms with Crippen molar-refractivity contribution in [1.29, 1.82) is 0 Å². The van der Waals surface area contributed by atoms with Crippen molar-refractivity contribution in [2.75, 3.05) is 5.75 Å². The molecule has 1 heterocycles. The van der Waals surface area contributed by atoms with Crippen molar-refractivity contribution in [2.24, 2.45) is 17.6 Å². The molecule has 7 nitrogen and oxygen atoms in total. The number of carbonyl (C=O) groups is 2. The van der Waals surface area contributed by atoms with Gasteiger partial charge in [-0.25, -0.2) is 0 Å². The van der Waals surface area contributed by atoms with Gasteiger partial charge in [-0.1, -0.05) is 45.4 Å². The molecule has 0 saturated heterocycles. The van der Waals surface area contributed by atoms with Crippen molar-refractivity contribution in [3.8, 4) is 0 Å². The summed E-state index contributed by atoms with van der Waals surface area (Å²) in [7, 11) is 0. The van der Waals surface area contributed by atoms with E-state index in [9.17, 15) is 9.59 Å². The fraction of sp³-hybridized carbons (Fsp3) is 0.778. The molecule has 8 heteroatoms. The molecule has 0 unspecified atom stereocenters. The van der Waals surface area contributed by atoms with Crippen LogP contribution in [0.25, 0.3) is 0 Å². The number of amides is 2. The topological polar surface area (TPSA) is 103 Å². The van der Waals surface area contributed by atoms with Crippen molar-refractivity contribution >= 4 is 23.6 Å². The second-order valence-corrected chi connectivity index (χ2v) is 8.54. The molecule has 2 rings (SSSR count). The van der Waals surface area contributed by atoms with Crippen LogP contribution in [0.5, 0.6) is 0 Å². The van der Waals surface area contributed by atoms with Crippen molar-refractivity contribution in [3.63, 3.8) is 0 Å². The number of nitrogens with two attached hydrogens (primary N) is 1. The maximum Gasteiger partial charge on any atom is 0.230 e. The second kappa shape index (κ2) is 9.94. The molecule has 1 aromatic heterocycles. The number of hydrogen-bond acceptors (Lipinski definition) is 5. The van der Waals surface area contributed by atoms with Gasteiger partial charge in [0.25, 0.3) is 0 Å². The number of thioether (sulfide) groups is 1. The molecule has 0 spiro atoms. The summed E-state index contributed by atoms with van der Waals surface area (Å²) in [6, 6.07) is 0.288. The molecule has 146 valence electrons. The summed E-state index contributed by atoms with van der Waals surface area (Å²) in [5.74, 6) is 1.74. The Hall–Kier alpha value is -1.57. The van der Waals surface area contributed by atoms with Crippen molar-refractivity contribution in [3.05, 3.63) is 5.82 Å². The summed E-state index contributed by atoms with van der Waals surface area (Å²) >= 11 is 1.40. The minimum Gasteiger partial charge on any atom is -0.370 e. The lowest BCUT2D eigenvalue weighted by atomic mass is 9.86. The van der Waals surface area contributed by atoms with Gasteiger partial charge in [0.05, 0.1) is 5.75 Å². The number of nitrogens with zero attached hydrogens (tertiary/aromatic N) is 3. The van der Waals surface area contributed by atoms with E-state index in [-0.39, 0.29) is 24.3 Å². The number of carbonyl (C=O) groups excluding carboxylic acids is 2. The molecule has 0 aliphatic heterocycles. The van der Waals surface area contributed by atoms with E-state index in [2.05, 4.69) is 36.3 Å². The van der Waals surface area contributed by atoms with Crippen LogP contribution >= 0.6 is 11.8 Å². The highest BCUT2D eigenvalue weighted by molar-refractivity contribution is 7.99. The van der Waals surface area contributed by atoms with Crippen LogP contribution in [0.2, 0.25) is 0 Å². The van der Waals surface area contributed by atoms with Gasteiger partial charge >= 0.3 is 0 Å². The monoisotopic (exact) mass is 381 g/mol. The Bertz CT molecular complexity index is 617. The lowest BCUT2D eigenvalue weighted by molar-refractivity contribution is -0.120. The van der Waals surface area contributed by atoms with Crippen molar-refractivity contribution in [2.45, 2.75) is 77.0 Å². The van der Waals surface area contributed by atoms with Crippen LogP contribution in [0.4, 0.5) is 0 Å². The Morgan fingerprint density at radius 2 is 2.04 bits per heavy atom. The number of aryl methyl sites for hydroxylation is 1. The van der Waals surface area contributed by atoms with E-state index in [0.29, 0.717) is 24.0 Å². The van der Waals surface area contributed by atoms with E-state index in [4.69, 9.17) is 5.73 Å². The fourth-order valence-corrected chi connectivity index (χ4v) is 4.08. The summed E-state index contributed by atoms with van der Waals surface area (Å²) in [6.07, 6.45) is 5.42. The van der Waals surface area contributed by atoms with Gasteiger partial charge < -0.3 is 15.6 Å². The number of aromatic nitrogens is 3.